The molecule has 2 rings (SSSR count). The van der Waals surface area contributed by atoms with Crippen molar-refractivity contribution in [2.24, 2.45) is 4.99 Å². The molecule has 0 aromatic heterocycles. The summed E-state index contributed by atoms with van der Waals surface area (Å²) < 4.78 is 5.31. The predicted octanol–water partition coefficient (Wildman–Crippen LogP) is 2.04. The van der Waals surface area contributed by atoms with Crippen molar-refractivity contribution in [2.75, 3.05) is 39.9 Å². The van der Waals surface area contributed by atoms with Crippen LogP contribution in [0.2, 0.25) is 0 Å². The lowest BCUT2D eigenvalue weighted by atomic mass is 10.1. The normalized spacial score (nSPS) is 13.9. The summed E-state index contributed by atoms with van der Waals surface area (Å²) in [5.41, 5.74) is 1.02. The molecule has 0 spiro atoms. The van der Waals surface area contributed by atoms with Crippen molar-refractivity contribution in [2.45, 2.75) is 32.6 Å². The molecule has 0 fully saturated rings. The summed E-state index contributed by atoms with van der Waals surface area (Å²) in [6.45, 7) is 5.58. The van der Waals surface area contributed by atoms with Gasteiger partial charge in [-0.1, -0.05) is 12.1 Å². The number of fused-ring (bicyclic) bond motifs is 1. The van der Waals surface area contributed by atoms with Gasteiger partial charge in [0.2, 0.25) is 0 Å². The van der Waals surface area contributed by atoms with Gasteiger partial charge in [-0.2, -0.15) is 0 Å². The maximum Gasteiger partial charge on any atom is 0.261 e. The van der Waals surface area contributed by atoms with Crippen molar-refractivity contribution in [3.05, 3.63) is 35.4 Å². The molecule has 0 saturated heterocycles. The Morgan fingerprint density at radius 2 is 1.59 bits per heavy atom. The highest BCUT2D eigenvalue weighted by Gasteiger charge is 2.34. The third-order valence-corrected chi connectivity index (χ3v) is 4.41. The Morgan fingerprint density at radius 1 is 1.00 bits per heavy atom. The molecule has 27 heavy (non-hydrogen) atoms. The van der Waals surface area contributed by atoms with Crippen molar-refractivity contribution in [1.29, 1.82) is 0 Å². The van der Waals surface area contributed by atoms with E-state index < -0.39 is 0 Å². The average Bonchev–Trinajstić information content (AvgIpc) is 2.93. The number of unbranched alkanes of at least 4 members (excludes halogenated alkanes) is 2. The van der Waals surface area contributed by atoms with E-state index in [0.29, 0.717) is 17.7 Å². The minimum atomic E-state index is -0.187. The van der Waals surface area contributed by atoms with Crippen molar-refractivity contribution in [3.8, 4) is 0 Å². The molecule has 0 bridgehead atoms. The Balaban J connectivity index is 1.60. The van der Waals surface area contributed by atoms with Gasteiger partial charge in [-0.3, -0.25) is 19.5 Å². The first-order valence-corrected chi connectivity index (χ1v) is 9.66. The van der Waals surface area contributed by atoms with Crippen LogP contribution in [0.15, 0.2) is 29.3 Å². The van der Waals surface area contributed by atoms with Crippen LogP contribution in [0.25, 0.3) is 0 Å². The molecule has 1 aliphatic rings. The number of ether oxygens (including phenoxy) is 1. The summed E-state index contributed by atoms with van der Waals surface area (Å²) in [6, 6.07) is 6.99. The Kier molecular flexibility index (Phi) is 8.77. The number of nitrogens with zero attached hydrogens (tertiary/aromatic N) is 2. The molecule has 0 unspecified atom stereocenters. The number of imide groups is 1. The second-order valence-corrected chi connectivity index (χ2v) is 6.34. The molecule has 0 saturated carbocycles. The van der Waals surface area contributed by atoms with Crippen LogP contribution in [0.4, 0.5) is 0 Å². The first-order chi connectivity index (χ1) is 13.2. The lowest BCUT2D eigenvalue weighted by Crippen LogP contribution is -2.38. The number of hydrogen-bond donors (Lipinski definition) is 2. The molecule has 1 aromatic rings. The molecule has 148 valence electrons. The summed E-state index contributed by atoms with van der Waals surface area (Å²) in [6.07, 6.45) is 3.65. The first kappa shape index (κ1) is 20.9. The molecule has 2 N–H and O–H groups in total. The van der Waals surface area contributed by atoms with Crippen molar-refractivity contribution >= 4 is 17.8 Å². The number of carbonyl (C=O) groups excluding carboxylic acids is 2. The lowest BCUT2D eigenvalue weighted by Gasteiger charge is -2.15. The quantitative estimate of drug-likeness (QED) is 0.268. The number of carbonyl (C=O) groups is 2. The zero-order chi connectivity index (χ0) is 19.5. The second kappa shape index (κ2) is 11.3. The van der Waals surface area contributed by atoms with Gasteiger partial charge in [0.15, 0.2) is 5.96 Å². The monoisotopic (exact) mass is 374 g/mol. The molecule has 7 heteroatoms. The van der Waals surface area contributed by atoms with E-state index >= 15 is 0 Å². The Hall–Kier alpha value is -2.41. The van der Waals surface area contributed by atoms with E-state index in [-0.39, 0.29) is 11.8 Å². The van der Waals surface area contributed by atoms with Gasteiger partial charge >= 0.3 is 0 Å². The second-order valence-electron chi connectivity index (χ2n) is 6.34. The largest absolute Gasteiger partial charge is 0.382 e. The highest BCUT2D eigenvalue weighted by molar-refractivity contribution is 6.21. The van der Waals surface area contributed by atoms with Gasteiger partial charge in [-0.05, 0) is 44.7 Å². The van der Waals surface area contributed by atoms with Gasteiger partial charge in [-0.25, -0.2) is 0 Å². The predicted molar refractivity (Wildman–Crippen MR) is 106 cm³/mol. The van der Waals surface area contributed by atoms with Crippen LogP contribution in [0.5, 0.6) is 0 Å². The highest BCUT2D eigenvalue weighted by atomic mass is 16.5. The van der Waals surface area contributed by atoms with E-state index in [1.165, 1.54) is 4.90 Å². The molecule has 0 radical (unpaired) electrons. The van der Waals surface area contributed by atoms with E-state index in [1.54, 1.807) is 31.3 Å². The maximum absolute atomic E-state index is 12.3. The van der Waals surface area contributed by atoms with Gasteiger partial charge in [0.1, 0.15) is 0 Å². The van der Waals surface area contributed by atoms with Crippen molar-refractivity contribution in [1.82, 2.24) is 15.5 Å². The fraction of sp³-hybridized carbons (Fsp3) is 0.550. The van der Waals surface area contributed by atoms with Crippen LogP contribution >= 0.6 is 0 Å². The lowest BCUT2D eigenvalue weighted by molar-refractivity contribution is 0.0652. The molecule has 0 atom stereocenters. The third kappa shape index (κ3) is 6.06. The van der Waals surface area contributed by atoms with Crippen molar-refractivity contribution in [3.63, 3.8) is 0 Å². The van der Waals surface area contributed by atoms with E-state index in [9.17, 15) is 9.59 Å². The molecular formula is C20H30N4O3. The number of hydrogen-bond acceptors (Lipinski definition) is 4. The van der Waals surface area contributed by atoms with Crippen LogP contribution in [0.3, 0.4) is 0 Å². The number of benzene rings is 1. The zero-order valence-electron chi connectivity index (χ0n) is 16.3. The number of amides is 2. The topological polar surface area (TPSA) is 83.0 Å². The molecule has 0 aliphatic carbocycles. The Labute approximate surface area is 161 Å². The van der Waals surface area contributed by atoms with Gasteiger partial charge in [-0.15, -0.1) is 0 Å². The molecule has 1 aromatic carbocycles. The minimum absolute atomic E-state index is 0.187. The Bertz CT molecular complexity index is 625. The number of rotatable bonds is 11. The summed E-state index contributed by atoms with van der Waals surface area (Å²) >= 11 is 0. The molecule has 1 heterocycles. The van der Waals surface area contributed by atoms with Crippen LogP contribution in [0.1, 0.15) is 53.3 Å². The fourth-order valence-corrected chi connectivity index (χ4v) is 2.94. The van der Waals surface area contributed by atoms with Gasteiger partial charge in [0, 0.05) is 39.9 Å². The van der Waals surface area contributed by atoms with Crippen LogP contribution < -0.4 is 10.6 Å². The highest BCUT2D eigenvalue weighted by Crippen LogP contribution is 2.22. The standard InChI is InChI=1S/C20H30N4O3/c1-3-27-15-9-7-13-23-20(21-2)22-12-6-8-14-24-18(25)16-10-4-5-11-17(16)19(24)26/h4-5,10-11H,3,6-9,12-15H2,1-2H3,(H2,21,22,23). The number of guanidine groups is 1. The molecule has 7 nitrogen and oxygen atoms in total. The SMILES string of the molecule is CCOCCCCNC(=NC)NCCCCN1C(=O)c2ccccc2C1=O. The van der Waals surface area contributed by atoms with Gasteiger partial charge < -0.3 is 15.4 Å². The smallest absolute Gasteiger partial charge is 0.261 e. The van der Waals surface area contributed by atoms with Crippen molar-refractivity contribution < 1.29 is 14.3 Å². The number of nitrogens with one attached hydrogen (secondary N) is 2. The van der Waals surface area contributed by atoms with Crippen LogP contribution in [-0.4, -0.2) is 62.6 Å². The molecule has 2 amide bonds. The minimum Gasteiger partial charge on any atom is -0.382 e. The average molecular weight is 374 g/mol. The fourth-order valence-electron chi connectivity index (χ4n) is 2.94. The summed E-state index contributed by atoms with van der Waals surface area (Å²) in [5, 5.41) is 6.52. The summed E-state index contributed by atoms with van der Waals surface area (Å²) in [4.78, 5) is 30.1. The van der Waals surface area contributed by atoms with Crippen LogP contribution in [0, 0.1) is 0 Å². The van der Waals surface area contributed by atoms with E-state index in [2.05, 4.69) is 15.6 Å². The van der Waals surface area contributed by atoms with E-state index in [1.807, 2.05) is 6.92 Å². The van der Waals surface area contributed by atoms with Crippen LogP contribution in [-0.2, 0) is 4.74 Å². The van der Waals surface area contributed by atoms with Gasteiger partial charge in [0.05, 0.1) is 11.1 Å². The molecule has 1 aliphatic heterocycles. The Morgan fingerprint density at radius 3 is 2.15 bits per heavy atom. The number of aliphatic imine (C=N–C) groups is 1. The molecular weight excluding hydrogens is 344 g/mol. The van der Waals surface area contributed by atoms with E-state index in [0.717, 1.165) is 57.9 Å². The van der Waals surface area contributed by atoms with Gasteiger partial charge in [0.25, 0.3) is 11.8 Å². The first-order valence-electron chi connectivity index (χ1n) is 9.66. The van der Waals surface area contributed by atoms with E-state index in [4.69, 9.17) is 4.74 Å². The zero-order valence-corrected chi connectivity index (χ0v) is 16.3. The maximum atomic E-state index is 12.3. The third-order valence-electron chi connectivity index (χ3n) is 4.41. The summed E-state index contributed by atoms with van der Waals surface area (Å²) in [5.74, 6) is 0.397. The summed E-state index contributed by atoms with van der Waals surface area (Å²) in [7, 11) is 1.74.